The van der Waals surface area contributed by atoms with Crippen LogP contribution in [0.25, 0.3) is 10.2 Å². The third kappa shape index (κ3) is 4.44. The topological polar surface area (TPSA) is 78.7 Å². The Hall–Kier alpha value is -2.77. The van der Waals surface area contributed by atoms with Crippen LogP contribution < -0.4 is 10.9 Å². The molecule has 1 amide bonds. The predicted molar refractivity (Wildman–Crippen MR) is 108 cm³/mol. The van der Waals surface area contributed by atoms with Gasteiger partial charge in [0.2, 0.25) is 0 Å². The van der Waals surface area contributed by atoms with Crippen molar-refractivity contribution < 1.29 is 4.79 Å². The molecule has 0 radical (unpaired) electrons. The fourth-order valence-corrected chi connectivity index (χ4v) is 2.96. The Bertz CT molecular complexity index is 961. The molecular formula is C18H16ClN5OS. The zero-order valence-electron chi connectivity index (χ0n) is 14.2. The van der Waals surface area contributed by atoms with Crippen molar-refractivity contribution in [1.29, 1.82) is 0 Å². The van der Waals surface area contributed by atoms with Crippen molar-refractivity contribution in [3.8, 4) is 0 Å². The first-order valence-electron chi connectivity index (χ1n) is 7.79. The summed E-state index contributed by atoms with van der Waals surface area (Å²) in [7, 11) is 0. The molecule has 3 aromatic rings. The highest BCUT2D eigenvalue weighted by molar-refractivity contribution is 7.20. The molecule has 132 valence electrons. The van der Waals surface area contributed by atoms with Gasteiger partial charge in [-0.05, 0) is 38.1 Å². The van der Waals surface area contributed by atoms with Crippen molar-refractivity contribution in [2.24, 2.45) is 10.2 Å². The van der Waals surface area contributed by atoms with E-state index in [9.17, 15) is 4.79 Å². The first-order valence-corrected chi connectivity index (χ1v) is 8.99. The number of carbonyl (C=O) groups excluding carboxylic acids is 1. The SMILES string of the molecule is CC(=N\NC(=O)c1nc2ccccc2s1)/C(Cl)=N/Nc1ccc(C)cc1. The number of thiazole rings is 1. The molecule has 0 spiro atoms. The second-order valence-corrected chi connectivity index (χ2v) is 6.89. The number of benzene rings is 2. The smallest absolute Gasteiger partial charge is 0.277 e. The number of para-hydroxylation sites is 1. The largest absolute Gasteiger partial charge is 0.300 e. The molecule has 0 fully saturated rings. The van der Waals surface area contributed by atoms with Gasteiger partial charge in [-0.2, -0.15) is 10.2 Å². The van der Waals surface area contributed by atoms with E-state index in [1.54, 1.807) is 6.92 Å². The van der Waals surface area contributed by atoms with E-state index >= 15 is 0 Å². The van der Waals surface area contributed by atoms with E-state index in [1.807, 2.05) is 55.5 Å². The minimum absolute atomic E-state index is 0.148. The maximum Gasteiger partial charge on any atom is 0.300 e. The van der Waals surface area contributed by atoms with Crippen LogP contribution in [0.2, 0.25) is 0 Å². The third-order valence-corrected chi connectivity index (χ3v) is 4.84. The zero-order chi connectivity index (χ0) is 18.5. The molecule has 26 heavy (non-hydrogen) atoms. The monoisotopic (exact) mass is 385 g/mol. The van der Waals surface area contributed by atoms with Crippen molar-refractivity contribution in [3.05, 3.63) is 59.1 Å². The molecule has 0 bridgehead atoms. The lowest BCUT2D eigenvalue weighted by molar-refractivity contribution is 0.0954. The van der Waals surface area contributed by atoms with Crippen LogP contribution in [-0.2, 0) is 0 Å². The minimum atomic E-state index is -0.387. The summed E-state index contributed by atoms with van der Waals surface area (Å²) in [6.07, 6.45) is 0. The van der Waals surface area contributed by atoms with Crippen LogP contribution in [0.4, 0.5) is 5.69 Å². The molecule has 2 aromatic carbocycles. The molecule has 0 aliphatic carbocycles. The molecule has 1 heterocycles. The van der Waals surface area contributed by atoms with E-state index in [2.05, 4.69) is 26.0 Å². The summed E-state index contributed by atoms with van der Waals surface area (Å²) < 4.78 is 0.945. The number of amides is 1. The lowest BCUT2D eigenvalue weighted by Crippen LogP contribution is -2.20. The van der Waals surface area contributed by atoms with Crippen molar-refractivity contribution in [1.82, 2.24) is 10.4 Å². The quantitative estimate of drug-likeness (QED) is 0.505. The van der Waals surface area contributed by atoms with Crippen LogP contribution in [0.3, 0.4) is 0 Å². The van der Waals surface area contributed by atoms with Crippen LogP contribution in [0.15, 0.2) is 58.7 Å². The number of carbonyl (C=O) groups is 1. The number of hydrogen-bond acceptors (Lipinski definition) is 6. The Labute approximate surface area is 159 Å². The van der Waals surface area contributed by atoms with E-state index in [1.165, 1.54) is 11.3 Å². The van der Waals surface area contributed by atoms with Crippen LogP contribution in [0, 0.1) is 6.92 Å². The van der Waals surface area contributed by atoms with Crippen LogP contribution in [0.1, 0.15) is 22.3 Å². The fraction of sp³-hybridized carbons (Fsp3) is 0.111. The molecule has 0 aliphatic heterocycles. The number of hydrazone groups is 2. The lowest BCUT2D eigenvalue weighted by atomic mass is 10.2. The van der Waals surface area contributed by atoms with E-state index in [4.69, 9.17) is 11.6 Å². The Kier molecular flexibility index (Phi) is 5.60. The number of aryl methyl sites for hydroxylation is 1. The predicted octanol–water partition coefficient (Wildman–Crippen LogP) is 4.37. The average Bonchev–Trinajstić information content (AvgIpc) is 3.09. The zero-order valence-corrected chi connectivity index (χ0v) is 15.7. The summed E-state index contributed by atoms with van der Waals surface area (Å²) in [5.74, 6) is -0.387. The molecule has 0 saturated heterocycles. The van der Waals surface area contributed by atoms with Gasteiger partial charge in [-0.15, -0.1) is 11.3 Å². The summed E-state index contributed by atoms with van der Waals surface area (Å²) in [6, 6.07) is 15.3. The summed E-state index contributed by atoms with van der Waals surface area (Å²) in [6.45, 7) is 3.66. The second kappa shape index (κ2) is 8.07. The Balaban J connectivity index is 1.63. The summed E-state index contributed by atoms with van der Waals surface area (Å²) >= 11 is 7.40. The fourth-order valence-electron chi connectivity index (χ4n) is 2.02. The Morgan fingerprint density at radius 1 is 1.12 bits per heavy atom. The molecule has 1 aromatic heterocycles. The number of rotatable bonds is 5. The molecule has 0 saturated carbocycles. The van der Waals surface area contributed by atoms with Gasteiger partial charge >= 0.3 is 0 Å². The normalized spacial score (nSPS) is 12.3. The Morgan fingerprint density at radius 3 is 2.58 bits per heavy atom. The Morgan fingerprint density at radius 2 is 1.85 bits per heavy atom. The second-order valence-electron chi connectivity index (χ2n) is 5.51. The van der Waals surface area contributed by atoms with Crippen LogP contribution in [0.5, 0.6) is 0 Å². The van der Waals surface area contributed by atoms with Crippen molar-refractivity contribution in [2.45, 2.75) is 13.8 Å². The molecular weight excluding hydrogens is 370 g/mol. The van der Waals surface area contributed by atoms with Crippen LogP contribution >= 0.6 is 22.9 Å². The first-order chi connectivity index (χ1) is 12.5. The average molecular weight is 386 g/mol. The highest BCUT2D eigenvalue weighted by Gasteiger charge is 2.11. The number of hydrogen-bond donors (Lipinski definition) is 2. The van der Waals surface area contributed by atoms with E-state index in [0.717, 1.165) is 21.5 Å². The maximum atomic E-state index is 12.2. The summed E-state index contributed by atoms with van der Waals surface area (Å²) in [4.78, 5) is 16.5. The van der Waals surface area contributed by atoms with Gasteiger partial charge < -0.3 is 0 Å². The molecule has 8 heteroatoms. The van der Waals surface area contributed by atoms with Gasteiger partial charge in [0.25, 0.3) is 5.91 Å². The standard InChI is InChI=1S/C18H16ClN5OS/c1-11-7-9-13(10-8-11)22-23-16(19)12(2)21-24-17(25)18-20-14-5-3-4-6-15(14)26-18/h3-10,22H,1-2H3,(H,24,25)/b21-12+,23-16-. The molecule has 0 aliphatic rings. The van der Waals surface area contributed by atoms with Crippen molar-refractivity contribution in [3.63, 3.8) is 0 Å². The van der Waals surface area contributed by atoms with Gasteiger partial charge in [-0.3, -0.25) is 10.2 Å². The molecule has 6 nitrogen and oxygen atoms in total. The number of nitrogens with one attached hydrogen (secondary N) is 2. The molecule has 0 unspecified atom stereocenters. The van der Waals surface area contributed by atoms with E-state index in [-0.39, 0.29) is 11.1 Å². The highest BCUT2D eigenvalue weighted by Crippen LogP contribution is 2.21. The van der Waals surface area contributed by atoms with E-state index < -0.39 is 0 Å². The highest BCUT2D eigenvalue weighted by atomic mass is 35.5. The van der Waals surface area contributed by atoms with Gasteiger partial charge in [-0.1, -0.05) is 41.4 Å². The van der Waals surface area contributed by atoms with Gasteiger partial charge in [0.05, 0.1) is 21.6 Å². The number of aromatic nitrogens is 1. The third-order valence-electron chi connectivity index (χ3n) is 3.45. The molecule has 2 N–H and O–H groups in total. The van der Waals surface area contributed by atoms with Gasteiger partial charge in [0.1, 0.15) is 0 Å². The summed E-state index contributed by atoms with van der Waals surface area (Å²) in [5.41, 5.74) is 8.41. The number of fused-ring (bicyclic) bond motifs is 1. The molecule has 3 rings (SSSR count). The van der Waals surface area contributed by atoms with Gasteiger partial charge in [0, 0.05) is 0 Å². The van der Waals surface area contributed by atoms with Crippen LogP contribution in [-0.4, -0.2) is 21.8 Å². The van der Waals surface area contributed by atoms with Gasteiger partial charge in [0.15, 0.2) is 10.2 Å². The molecule has 0 atom stereocenters. The minimum Gasteiger partial charge on any atom is -0.277 e. The number of halogens is 1. The van der Waals surface area contributed by atoms with E-state index in [0.29, 0.717) is 10.7 Å². The maximum absolute atomic E-state index is 12.2. The summed E-state index contributed by atoms with van der Waals surface area (Å²) in [5, 5.41) is 8.51. The van der Waals surface area contributed by atoms with Gasteiger partial charge in [-0.25, -0.2) is 10.4 Å². The number of anilines is 1. The van der Waals surface area contributed by atoms with Crippen molar-refractivity contribution in [2.75, 3.05) is 5.43 Å². The van der Waals surface area contributed by atoms with Crippen molar-refractivity contribution >= 4 is 55.6 Å². The number of nitrogens with zero attached hydrogens (tertiary/aromatic N) is 3. The lowest BCUT2D eigenvalue weighted by Gasteiger charge is -2.02. The first kappa shape index (κ1) is 18.0.